The third-order valence-corrected chi connectivity index (χ3v) is 2.59. The Hall–Kier alpha value is -2.08. The summed E-state index contributed by atoms with van der Waals surface area (Å²) in [7, 11) is 0. The van der Waals surface area contributed by atoms with Gasteiger partial charge >= 0.3 is 12.0 Å². The smallest absolute Gasteiger partial charge is 0.418 e. The van der Waals surface area contributed by atoms with Crippen molar-refractivity contribution in [2.75, 3.05) is 6.61 Å². The lowest BCUT2D eigenvalue weighted by Gasteiger charge is -2.18. The first-order chi connectivity index (χ1) is 9.85. The van der Waals surface area contributed by atoms with E-state index in [1.54, 1.807) is 45.0 Å². The molecule has 0 aliphatic heterocycles. The predicted molar refractivity (Wildman–Crippen MR) is 76.1 cm³/mol. The van der Waals surface area contributed by atoms with Crippen LogP contribution in [0.25, 0.3) is 11.4 Å². The molecule has 0 radical (unpaired) electrons. The first-order valence-corrected chi connectivity index (χ1v) is 6.66. The Morgan fingerprint density at radius 1 is 1.33 bits per heavy atom. The van der Waals surface area contributed by atoms with E-state index >= 15 is 0 Å². The molecule has 0 aliphatic rings. The van der Waals surface area contributed by atoms with E-state index in [-0.39, 0.29) is 12.7 Å². The molecule has 0 N–H and O–H groups in total. The number of esters is 1. The van der Waals surface area contributed by atoms with E-state index in [1.807, 2.05) is 0 Å². The highest BCUT2D eigenvalue weighted by molar-refractivity contribution is 6.33. The summed E-state index contributed by atoms with van der Waals surface area (Å²) in [6.45, 7) is 5.01. The molecule has 0 unspecified atom stereocenters. The zero-order chi connectivity index (χ0) is 15.5. The van der Waals surface area contributed by atoms with Crippen LogP contribution in [0.15, 0.2) is 28.8 Å². The zero-order valence-corrected chi connectivity index (χ0v) is 12.7. The van der Waals surface area contributed by atoms with E-state index in [0.29, 0.717) is 16.4 Å². The van der Waals surface area contributed by atoms with Crippen LogP contribution in [-0.4, -0.2) is 28.3 Å². The summed E-state index contributed by atoms with van der Waals surface area (Å²) in [5, 5.41) is 4.25. The first-order valence-electron chi connectivity index (χ1n) is 6.28. The third-order valence-electron chi connectivity index (χ3n) is 2.26. The van der Waals surface area contributed by atoms with Crippen LogP contribution in [0, 0.1) is 0 Å². The van der Waals surface area contributed by atoms with Gasteiger partial charge in [-0.05, 0) is 32.9 Å². The molecule has 0 aliphatic carbocycles. The summed E-state index contributed by atoms with van der Waals surface area (Å²) in [5.41, 5.74) is 0.0490. The fraction of sp³-hybridized carbons (Fsp3) is 0.357. The Morgan fingerprint density at radius 2 is 2.05 bits per heavy atom. The minimum Gasteiger partial charge on any atom is -0.457 e. The largest absolute Gasteiger partial charge is 0.457 e. The topological polar surface area (TPSA) is 74.5 Å². The van der Waals surface area contributed by atoms with Crippen LogP contribution in [0.2, 0.25) is 5.02 Å². The van der Waals surface area contributed by atoms with E-state index in [9.17, 15) is 4.79 Å². The second-order valence-corrected chi connectivity index (χ2v) is 5.65. The number of carbonyl (C=O) groups is 1. The maximum absolute atomic E-state index is 11.5. The van der Waals surface area contributed by atoms with Gasteiger partial charge in [-0.15, -0.1) is 0 Å². The monoisotopic (exact) mass is 310 g/mol. The Labute approximate surface area is 127 Å². The number of rotatable bonds is 4. The Bertz CT molecular complexity index is 634. The van der Waals surface area contributed by atoms with Crippen LogP contribution in [0.4, 0.5) is 0 Å². The van der Waals surface area contributed by atoms with Gasteiger partial charge in [0.1, 0.15) is 5.60 Å². The fourth-order valence-corrected chi connectivity index (χ4v) is 1.73. The van der Waals surface area contributed by atoms with Crippen LogP contribution in [-0.2, 0) is 9.53 Å². The molecule has 0 spiro atoms. The first kappa shape index (κ1) is 15.3. The molecule has 2 rings (SSSR count). The van der Waals surface area contributed by atoms with Crippen molar-refractivity contribution >= 4 is 17.6 Å². The van der Waals surface area contributed by atoms with Crippen LogP contribution >= 0.6 is 11.6 Å². The molecule has 0 atom stereocenters. The quantitative estimate of drug-likeness (QED) is 0.808. The van der Waals surface area contributed by atoms with Crippen molar-refractivity contribution < 1.29 is 18.8 Å². The van der Waals surface area contributed by atoms with Crippen molar-refractivity contribution in [3.05, 3.63) is 29.3 Å². The summed E-state index contributed by atoms with van der Waals surface area (Å²) in [6.07, 6.45) is -0.115. The van der Waals surface area contributed by atoms with Crippen LogP contribution in [0.1, 0.15) is 20.8 Å². The van der Waals surface area contributed by atoms with Crippen LogP contribution in [0.5, 0.6) is 6.08 Å². The van der Waals surface area contributed by atoms with Gasteiger partial charge in [0.2, 0.25) is 5.82 Å². The van der Waals surface area contributed by atoms with Crippen LogP contribution < -0.4 is 4.74 Å². The molecule has 1 aromatic heterocycles. The number of nitrogens with zero attached hydrogens (tertiary/aromatic N) is 2. The standard InChI is InChI=1S/C14H15ClN2O4/c1-14(2,3)20-11(18)8-19-13-16-12(17-21-13)9-6-4-5-7-10(9)15/h4-7H,8H2,1-3H3. The van der Waals surface area contributed by atoms with Crippen molar-refractivity contribution in [3.63, 3.8) is 0 Å². The Kier molecular flexibility index (Phi) is 4.47. The van der Waals surface area contributed by atoms with Gasteiger partial charge in [-0.1, -0.05) is 28.9 Å². The van der Waals surface area contributed by atoms with Gasteiger partial charge in [-0.2, -0.15) is 4.98 Å². The van der Waals surface area contributed by atoms with Gasteiger partial charge in [0, 0.05) is 5.56 Å². The minimum absolute atomic E-state index is 0.115. The molecule has 0 amide bonds. The molecule has 112 valence electrons. The lowest BCUT2D eigenvalue weighted by atomic mass is 10.2. The highest BCUT2D eigenvalue weighted by Gasteiger charge is 2.18. The minimum atomic E-state index is -0.571. The number of aromatic nitrogens is 2. The average molecular weight is 311 g/mol. The number of halogens is 1. The molecule has 21 heavy (non-hydrogen) atoms. The summed E-state index contributed by atoms with van der Waals surface area (Å²) >= 11 is 6.03. The summed E-state index contributed by atoms with van der Waals surface area (Å²) in [4.78, 5) is 15.5. The lowest BCUT2D eigenvalue weighted by molar-refractivity contribution is -0.157. The maximum Gasteiger partial charge on any atom is 0.418 e. The number of hydrogen-bond acceptors (Lipinski definition) is 6. The van der Waals surface area contributed by atoms with Gasteiger partial charge < -0.3 is 9.47 Å². The van der Waals surface area contributed by atoms with Crippen molar-refractivity contribution in [2.45, 2.75) is 26.4 Å². The van der Waals surface area contributed by atoms with Crippen molar-refractivity contribution in [2.24, 2.45) is 0 Å². The van der Waals surface area contributed by atoms with Gasteiger partial charge in [0.05, 0.1) is 5.02 Å². The second kappa shape index (κ2) is 6.13. The van der Waals surface area contributed by atoms with E-state index < -0.39 is 11.6 Å². The number of hydrogen-bond donors (Lipinski definition) is 0. The number of benzene rings is 1. The molecule has 0 saturated heterocycles. The lowest BCUT2D eigenvalue weighted by Crippen LogP contribution is -2.27. The van der Waals surface area contributed by atoms with Crippen molar-refractivity contribution in [1.82, 2.24) is 10.1 Å². The van der Waals surface area contributed by atoms with Crippen LogP contribution in [0.3, 0.4) is 0 Å². The maximum atomic E-state index is 11.5. The predicted octanol–water partition coefficient (Wildman–Crippen LogP) is 3.11. The molecule has 1 heterocycles. The highest BCUT2D eigenvalue weighted by atomic mass is 35.5. The van der Waals surface area contributed by atoms with Gasteiger partial charge in [-0.3, -0.25) is 4.52 Å². The van der Waals surface area contributed by atoms with Gasteiger partial charge in [0.25, 0.3) is 0 Å². The molecule has 2 aromatic rings. The normalized spacial score (nSPS) is 11.2. The molecule has 0 fully saturated rings. The fourth-order valence-electron chi connectivity index (χ4n) is 1.51. The van der Waals surface area contributed by atoms with Crippen molar-refractivity contribution in [1.29, 1.82) is 0 Å². The highest BCUT2D eigenvalue weighted by Crippen LogP contribution is 2.26. The molecule has 6 nitrogen and oxygen atoms in total. The molecule has 0 saturated carbocycles. The molecule has 7 heteroatoms. The number of ether oxygens (including phenoxy) is 2. The van der Waals surface area contributed by atoms with Crippen molar-refractivity contribution in [3.8, 4) is 17.5 Å². The Balaban J connectivity index is 1.98. The van der Waals surface area contributed by atoms with Gasteiger partial charge in [-0.25, -0.2) is 4.79 Å². The zero-order valence-electron chi connectivity index (χ0n) is 11.9. The SMILES string of the molecule is CC(C)(C)OC(=O)COc1nc(-c2ccccc2Cl)no1. The summed E-state index contributed by atoms with van der Waals surface area (Å²) in [5.74, 6) is -0.222. The van der Waals surface area contributed by atoms with E-state index in [2.05, 4.69) is 10.1 Å². The van der Waals surface area contributed by atoms with E-state index in [1.165, 1.54) is 0 Å². The molecule has 0 bridgehead atoms. The molecular weight excluding hydrogens is 296 g/mol. The molecular formula is C14H15ClN2O4. The summed E-state index contributed by atoms with van der Waals surface area (Å²) < 4.78 is 15.1. The Morgan fingerprint density at radius 3 is 2.71 bits per heavy atom. The number of carbonyl (C=O) groups excluding carboxylic acids is 1. The average Bonchev–Trinajstić information content (AvgIpc) is 2.83. The van der Waals surface area contributed by atoms with Gasteiger partial charge in [0.15, 0.2) is 6.61 Å². The summed E-state index contributed by atoms with van der Waals surface area (Å²) in [6, 6.07) is 7.07. The second-order valence-electron chi connectivity index (χ2n) is 5.24. The van der Waals surface area contributed by atoms with E-state index in [0.717, 1.165) is 0 Å². The third kappa shape index (κ3) is 4.46. The molecule has 1 aromatic carbocycles. The van der Waals surface area contributed by atoms with E-state index in [4.69, 9.17) is 25.6 Å².